The summed E-state index contributed by atoms with van der Waals surface area (Å²) in [7, 11) is 1.51. The van der Waals surface area contributed by atoms with Crippen LogP contribution in [0.15, 0.2) is 18.2 Å². The summed E-state index contributed by atoms with van der Waals surface area (Å²) in [5.41, 5.74) is 7.48. The number of anilines is 1. The van der Waals surface area contributed by atoms with Gasteiger partial charge in [-0.25, -0.2) is 0 Å². The third kappa shape index (κ3) is 2.80. The fourth-order valence-electron chi connectivity index (χ4n) is 1.97. The summed E-state index contributed by atoms with van der Waals surface area (Å²) in [4.78, 5) is 11.8. The molecule has 0 aliphatic carbocycles. The molecule has 0 bridgehead atoms. The van der Waals surface area contributed by atoms with Gasteiger partial charge in [0.2, 0.25) is 5.91 Å². The van der Waals surface area contributed by atoms with Crippen molar-refractivity contribution in [2.75, 3.05) is 25.6 Å². The summed E-state index contributed by atoms with van der Waals surface area (Å²) in [5, 5.41) is 2.79. The van der Waals surface area contributed by atoms with Gasteiger partial charge in [-0.2, -0.15) is 0 Å². The monoisotopic (exact) mass is 250 g/mol. The van der Waals surface area contributed by atoms with E-state index in [1.54, 1.807) is 0 Å². The van der Waals surface area contributed by atoms with Gasteiger partial charge < -0.3 is 20.5 Å². The van der Waals surface area contributed by atoms with E-state index in [1.807, 2.05) is 18.2 Å². The second-order valence-electron chi connectivity index (χ2n) is 4.30. The van der Waals surface area contributed by atoms with Crippen LogP contribution in [0.1, 0.15) is 12.0 Å². The van der Waals surface area contributed by atoms with Crippen LogP contribution < -0.4 is 15.8 Å². The second-order valence-corrected chi connectivity index (χ2v) is 4.30. The zero-order valence-corrected chi connectivity index (χ0v) is 10.4. The van der Waals surface area contributed by atoms with Crippen LogP contribution in [0, 0.1) is 0 Å². The molecule has 0 saturated carbocycles. The molecule has 1 aliphatic heterocycles. The smallest absolute Gasteiger partial charge is 0.243 e. The highest BCUT2D eigenvalue weighted by atomic mass is 16.5. The lowest BCUT2D eigenvalue weighted by Gasteiger charge is -2.21. The van der Waals surface area contributed by atoms with E-state index >= 15 is 0 Å². The Labute approximate surface area is 106 Å². The number of aryl methyl sites for hydroxylation is 1. The number of nitrogens with one attached hydrogen (secondary N) is 1. The lowest BCUT2D eigenvalue weighted by atomic mass is 10.1. The Hall–Kier alpha value is -1.59. The first kappa shape index (κ1) is 12.9. The number of para-hydroxylation sites is 1. The number of hydrogen-bond acceptors (Lipinski definition) is 4. The number of benzene rings is 1. The van der Waals surface area contributed by atoms with E-state index in [0.717, 1.165) is 24.2 Å². The molecule has 0 saturated heterocycles. The van der Waals surface area contributed by atoms with E-state index < -0.39 is 6.04 Å². The largest absolute Gasteiger partial charge is 0.491 e. The van der Waals surface area contributed by atoms with Crippen molar-refractivity contribution in [3.63, 3.8) is 0 Å². The van der Waals surface area contributed by atoms with E-state index in [2.05, 4.69) is 5.32 Å². The van der Waals surface area contributed by atoms with E-state index in [0.29, 0.717) is 12.3 Å². The van der Waals surface area contributed by atoms with Crippen molar-refractivity contribution in [1.29, 1.82) is 0 Å². The molecule has 1 aliphatic rings. The number of methoxy groups -OCH3 is 1. The van der Waals surface area contributed by atoms with Crippen LogP contribution in [-0.2, 0) is 16.0 Å². The maximum atomic E-state index is 11.8. The molecule has 1 unspecified atom stereocenters. The quantitative estimate of drug-likeness (QED) is 0.833. The highest BCUT2D eigenvalue weighted by molar-refractivity contribution is 5.96. The standard InChI is InChI=1S/C13H18N2O3/c1-17-8-10(14)13(16)15-11-6-2-4-9-5-3-7-18-12(9)11/h2,4,6,10H,3,5,7-8,14H2,1H3,(H,15,16). The van der Waals surface area contributed by atoms with E-state index in [9.17, 15) is 4.79 Å². The summed E-state index contributed by atoms with van der Waals surface area (Å²) in [5.74, 6) is 0.501. The summed E-state index contributed by atoms with van der Waals surface area (Å²) in [6.07, 6.45) is 1.98. The van der Waals surface area contributed by atoms with Gasteiger partial charge in [-0.15, -0.1) is 0 Å². The number of fused-ring (bicyclic) bond motifs is 1. The summed E-state index contributed by atoms with van der Waals surface area (Å²) in [6, 6.07) is 5.07. The Morgan fingerprint density at radius 2 is 2.44 bits per heavy atom. The number of rotatable bonds is 4. The van der Waals surface area contributed by atoms with Crippen LogP contribution in [-0.4, -0.2) is 32.3 Å². The van der Waals surface area contributed by atoms with Gasteiger partial charge in [0, 0.05) is 7.11 Å². The predicted molar refractivity (Wildman–Crippen MR) is 68.7 cm³/mol. The number of carbonyl (C=O) groups excluding carboxylic acids is 1. The number of ether oxygens (including phenoxy) is 2. The van der Waals surface area contributed by atoms with Gasteiger partial charge in [0.05, 0.1) is 18.9 Å². The van der Waals surface area contributed by atoms with Crippen molar-refractivity contribution in [2.24, 2.45) is 5.73 Å². The van der Waals surface area contributed by atoms with E-state index in [-0.39, 0.29) is 12.5 Å². The minimum Gasteiger partial charge on any atom is -0.491 e. The predicted octanol–water partition coefficient (Wildman–Crippen LogP) is 0.924. The fraction of sp³-hybridized carbons (Fsp3) is 0.462. The minimum absolute atomic E-state index is 0.196. The summed E-state index contributed by atoms with van der Waals surface area (Å²) < 4.78 is 10.5. The zero-order valence-electron chi connectivity index (χ0n) is 10.4. The molecule has 1 heterocycles. The molecule has 1 aromatic rings. The Morgan fingerprint density at radius 3 is 3.22 bits per heavy atom. The van der Waals surface area contributed by atoms with E-state index in [1.165, 1.54) is 7.11 Å². The Kier molecular flexibility index (Phi) is 4.17. The molecule has 2 rings (SSSR count). The van der Waals surface area contributed by atoms with Crippen molar-refractivity contribution in [1.82, 2.24) is 0 Å². The molecule has 5 nitrogen and oxygen atoms in total. The molecule has 1 aromatic carbocycles. The molecule has 1 amide bonds. The molecule has 5 heteroatoms. The van der Waals surface area contributed by atoms with Gasteiger partial charge in [-0.1, -0.05) is 12.1 Å². The van der Waals surface area contributed by atoms with Gasteiger partial charge in [-0.3, -0.25) is 4.79 Å². The fourth-order valence-corrected chi connectivity index (χ4v) is 1.97. The summed E-state index contributed by atoms with van der Waals surface area (Å²) in [6.45, 7) is 0.881. The van der Waals surface area contributed by atoms with Gasteiger partial charge in [0.1, 0.15) is 11.8 Å². The van der Waals surface area contributed by atoms with Gasteiger partial charge in [-0.05, 0) is 24.5 Å². The molecular formula is C13H18N2O3. The van der Waals surface area contributed by atoms with Crippen LogP contribution in [0.4, 0.5) is 5.69 Å². The lowest BCUT2D eigenvalue weighted by molar-refractivity contribution is -0.118. The van der Waals surface area contributed by atoms with Crippen molar-refractivity contribution >= 4 is 11.6 Å². The van der Waals surface area contributed by atoms with Gasteiger partial charge in [0.25, 0.3) is 0 Å². The molecule has 0 radical (unpaired) electrons. The van der Waals surface area contributed by atoms with Crippen molar-refractivity contribution in [2.45, 2.75) is 18.9 Å². The average molecular weight is 250 g/mol. The van der Waals surface area contributed by atoms with Crippen molar-refractivity contribution < 1.29 is 14.3 Å². The van der Waals surface area contributed by atoms with Crippen LogP contribution >= 0.6 is 0 Å². The van der Waals surface area contributed by atoms with Gasteiger partial charge >= 0.3 is 0 Å². The second kappa shape index (κ2) is 5.84. The molecular weight excluding hydrogens is 232 g/mol. The Bertz CT molecular complexity index is 434. The van der Waals surface area contributed by atoms with Crippen LogP contribution in [0.25, 0.3) is 0 Å². The topological polar surface area (TPSA) is 73.6 Å². The molecule has 3 N–H and O–H groups in total. The summed E-state index contributed by atoms with van der Waals surface area (Å²) >= 11 is 0. The maximum absolute atomic E-state index is 11.8. The third-order valence-corrected chi connectivity index (χ3v) is 2.87. The Balaban J connectivity index is 2.12. The average Bonchev–Trinajstić information content (AvgIpc) is 2.39. The number of amides is 1. The normalized spacial score (nSPS) is 15.4. The van der Waals surface area contributed by atoms with Crippen LogP contribution in [0.5, 0.6) is 5.75 Å². The number of nitrogens with two attached hydrogens (primary N) is 1. The van der Waals surface area contributed by atoms with Crippen LogP contribution in [0.2, 0.25) is 0 Å². The van der Waals surface area contributed by atoms with Crippen molar-refractivity contribution in [3.05, 3.63) is 23.8 Å². The van der Waals surface area contributed by atoms with Crippen molar-refractivity contribution in [3.8, 4) is 5.75 Å². The minimum atomic E-state index is -0.672. The highest BCUT2D eigenvalue weighted by Crippen LogP contribution is 2.32. The lowest BCUT2D eigenvalue weighted by Crippen LogP contribution is -2.39. The number of hydrogen-bond donors (Lipinski definition) is 2. The first-order chi connectivity index (χ1) is 8.72. The molecule has 1 atom stereocenters. The molecule has 98 valence electrons. The Morgan fingerprint density at radius 1 is 1.61 bits per heavy atom. The SMILES string of the molecule is COCC(N)C(=O)Nc1cccc2c1OCCC2. The third-order valence-electron chi connectivity index (χ3n) is 2.87. The first-order valence-corrected chi connectivity index (χ1v) is 6.02. The molecule has 0 spiro atoms. The zero-order chi connectivity index (χ0) is 13.0. The first-order valence-electron chi connectivity index (χ1n) is 6.02. The highest BCUT2D eigenvalue weighted by Gasteiger charge is 2.18. The maximum Gasteiger partial charge on any atom is 0.243 e. The van der Waals surface area contributed by atoms with Gasteiger partial charge in [0.15, 0.2) is 0 Å². The molecule has 18 heavy (non-hydrogen) atoms. The number of carbonyl (C=O) groups is 1. The molecule has 0 aromatic heterocycles. The van der Waals surface area contributed by atoms with Crippen LogP contribution in [0.3, 0.4) is 0 Å². The molecule has 0 fully saturated rings. The van der Waals surface area contributed by atoms with E-state index in [4.69, 9.17) is 15.2 Å².